The van der Waals surface area contributed by atoms with Gasteiger partial charge in [-0.3, -0.25) is 0 Å². The first-order valence-corrected chi connectivity index (χ1v) is 3.01. The van der Waals surface area contributed by atoms with Gasteiger partial charge in [0, 0.05) is 13.8 Å². The molecule has 0 atom stereocenters. The number of esters is 1. The molecule has 0 bridgehead atoms. The van der Waals surface area contributed by atoms with Crippen LogP contribution in [0.5, 0.6) is 0 Å². The first-order valence-electron chi connectivity index (χ1n) is 3.01. The van der Waals surface area contributed by atoms with Gasteiger partial charge in [-0.05, 0) is 6.92 Å². The van der Waals surface area contributed by atoms with Crippen molar-refractivity contribution < 1.29 is 15.3 Å². The van der Waals surface area contributed by atoms with E-state index in [0.29, 0.717) is 6.61 Å². The quantitative estimate of drug-likeness (QED) is 0.590. The van der Waals surface area contributed by atoms with Gasteiger partial charge in [0.05, 0.1) is 6.61 Å². The van der Waals surface area contributed by atoms with Crippen molar-refractivity contribution in [2.75, 3.05) is 6.61 Å². The molecule has 0 saturated heterocycles. The second kappa shape index (κ2) is 4.52. The number of carbonyl (C=O) groups excluding carboxylic acids is 1. The Morgan fingerprint density at radius 1 is 1.60 bits per heavy atom. The van der Waals surface area contributed by atoms with Gasteiger partial charge in [0.25, 0.3) is 0 Å². The predicted molar refractivity (Wildman–Crippen MR) is 40.8 cm³/mol. The third kappa shape index (κ3) is 4.58. The molecule has 0 amide bonds. The van der Waals surface area contributed by atoms with E-state index in [2.05, 4.69) is 5.73 Å². The summed E-state index contributed by atoms with van der Waals surface area (Å²) in [6, 6.07) is 0. The van der Waals surface area contributed by atoms with Crippen LogP contribution in [0.3, 0.4) is 0 Å². The van der Waals surface area contributed by atoms with Crippen LogP contribution in [0.4, 0.5) is 0 Å². The van der Waals surface area contributed by atoms with Gasteiger partial charge in [-0.15, -0.1) is 12.4 Å². The number of halogens is 1. The molecule has 0 aliphatic rings. The first kappa shape index (κ1) is 12.4. The Kier molecular flexibility index (Phi) is 5.61. The average Bonchev–Trinajstić information content (AvgIpc) is 1.64. The molecule has 10 heavy (non-hydrogen) atoms. The van der Waals surface area contributed by atoms with Crippen LogP contribution in [0.2, 0.25) is 0 Å². The number of ether oxygens (including phenoxy) is 1. The second-order valence-electron chi connectivity index (χ2n) is 2.60. The van der Waals surface area contributed by atoms with Crippen LogP contribution in [0.1, 0.15) is 20.8 Å². The molecule has 0 heterocycles. The monoisotopic (exact) mass is 168 g/mol. The van der Waals surface area contributed by atoms with Crippen LogP contribution in [-0.2, 0) is 9.53 Å². The molecule has 0 saturated carbocycles. The summed E-state index contributed by atoms with van der Waals surface area (Å²) >= 11 is 0. The number of carbonyl (C=O) groups is 1. The molecule has 0 radical (unpaired) electrons. The standard InChI is InChI=1S/C6H13NO2.ClH/c1-4-9-5(8)6(2,3)7;/h4,7H2,1-3H3;1H/p+1. The Balaban J connectivity index is 0. The molecule has 0 aromatic rings. The van der Waals surface area contributed by atoms with E-state index in [4.69, 9.17) is 4.74 Å². The maximum absolute atomic E-state index is 10.8. The predicted octanol–water partition coefficient (Wildman–Crippen LogP) is -0.00820. The molecule has 3 N–H and O–H groups in total. The van der Waals surface area contributed by atoms with Crippen molar-refractivity contribution in [1.82, 2.24) is 0 Å². The van der Waals surface area contributed by atoms with E-state index in [1.165, 1.54) is 0 Å². The minimum absolute atomic E-state index is 0. The van der Waals surface area contributed by atoms with Crippen molar-refractivity contribution in [3.63, 3.8) is 0 Å². The van der Waals surface area contributed by atoms with Gasteiger partial charge in [-0.1, -0.05) is 0 Å². The van der Waals surface area contributed by atoms with Gasteiger partial charge in [0.1, 0.15) is 0 Å². The Labute approximate surface area is 67.3 Å². The van der Waals surface area contributed by atoms with Crippen LogP contribution in [-0.4, -0.2) is 18.1 Å². The van der Waals surface area contributed by atoms with E-state index < -0.39 is 5.54 Å². The van der Waals surface area contributed by atoms with Crippen molar-refractivity contribution in [1.29, 1.82) is 0 Å². The van der Waals surface area contributed by atoms with Gasteiger partial charge in [0.15, 0.2) is 5.54 Å². The Morgan fingerprint density at radius 3 is 2.10 bits per heavy atom. The van der Waals surface area contributed by atoms with Crippen LogP contribution >= 0.6 is 12.4 Å². The van der Waals surface area contributed by atoms with E-state index in [9.17, 15) is 4.79 Å². The summed E-state index contributed by atoms with van der Waals surface area (Å²) in [5, 5.41) is 0. The molecule has 3 nitrogen and oxygen atoms in total. The fraction of sp³-hybridized carbons (Fsp3) is 0.833. The van der Waals surface area contributed by atoms with Gasteiger partial charge >= 0.3 is 5.97 Å². The third-order valence-electron chi connectivity index (χ3n) is 0.828. The van der Waals surface area contributed by atoms with Crippen LogP contribution in [0.15, 0.2) is 0 Å². The largest absolute Gasteiger partial charge is 0.461 e. The molecular weight excluding hydrogens is 154 g/mol. The lowest BCUT2D eigenvalue weighted by molar-refractivity contribution is -0.450. The Bertz CT molecular complexity index is 109. The summed E-state index contributed by atoms with van der Waals surface area (Å²) in [5.41, 5.74) is 3.01. The maximum Gasteiger partial charge on any atom is 0.367 e. The van der Waals surface area contributed by atoms with E-state index in [0.717, 1.165) is 0 Å². The van der Waals surface area contributed by atoms with Crippen LogP contribution in [0, 0.1) is 0 Å². The summed E-state index contributed by atoms with van der Waals surface area (Å²) in [4.78, 5) is 10.8. The van der Waals surface area contributed by atoms with Gasteiger partial charge < -0.3 is 10.5 Å². The summed E-state index contributed by atoms with van der Waals surface area (Å²) in [5.74, 6) is -0.245. The van der Waals surface area contributed by atoms with Crippen LogP contribution in [0.25, 0.3) is 0 Å². The van der Waals surface area contributed by atoms with E-state index in [1.807, 2.05) is 0 Å². The molecule has 0 rings (SSSR count). The molecule has 62 valence electrons. The Hall–Kier alpha value is -0.280. The molecule has 0 aromatic heterocycles. The van der Waals surface area contributed by atoms with E-state index in [1.54, 1.807) is 20.8 Å². The lowest BCUT2D eigenvalue weighted by Crippen LogP contribution is -2.73. The fourth-order valence-electron chi connectivity index (χ4n) is 0.326. The SMILES string of the molecule is CCOC(=O)C(C)(C)[NH3+].Cl. The zero-order chi connectivity index (χ0) is 7.49. The molecule has 0 aliphatic carbocycles. The molecule has 0 spiro atoms. The minimum Gasteiger partial charge on any atom is -0.461 e. The zero-order valence-corrected chi connectivity index (χ0v) is 7.46. The van der Waals surface area contributed by atoms with Gasteiger partial charge in [0.2, 0.25) is 0 Å². The highest BCUT2D eigenvalue weighted by Crippen LogP contribution is 1.95. The number of rotatable bonds is 2. The molecular formula is C6H15ClNO2+. The van der Waals surface area contributed by atoms with Crippen molar-refractivity contribution in [2.24, 2.45) is 0 Å². The van der Waals surface area contributed by atoms with Gasteiger partial charge in [-0.25, -0.2) is 4.79 Å². The van der Waals surface area contributed by atoms with Gasteiger partial charge in [-0.2, -0.15) is 0 Å². The number of hydrogen-bond acceptors (Lipinski definition) is 2. The van der Waals surface area contributed by atoms with E-state index >= 15 is 0 Å². The smallest absolute Gasteiger partial charge is 0.367 e. The molecule has 0 aliphatic heterocycles. The third-order valence-corrected chi connectivity index (χ3v) is 0.828. The minimum atomic E-state index is -0.601. The normalized spacial score (nSPS) is 10.0. The lowest BCUT2D eigenvalue weighted by Gasteiger charge is -2.11. The zero-order valence-electron chi connectivity index (χ0n) is 6.64. The summed E-state index contributed by atoms with van der Waals surface area (Å²) in [6.07, 6.45) is 0. The molecule has 4 heteroatoms. The number of quaternary nitrogens is 1. The highest BCUT2D eigenvalue weighted by Gasteiger charge is 2.27. The Morgan fingerprint density at radius 2 is 2.00 bits per heavy atom. The van der Waals surface area contributed by atoms with E-state index in [-0.39, 0.29) is 18.4 Å². The second-order valence-corrected chi connectivity index (χ2v) is 2.60. The highest BCUT2D eigenvalue weighted by molar-refractivity contribution is 5.85. The van der Waals surface area contributed by atoms with Crippen molar-refractivity contribution in [2.45, 2.75) is 26.3 Å². The lowest BCUT2D eigenvalue weighted by atomic mass is 10.1. The fourth-order valence-corrected chi connectivity index (χ4v) is 0.326. The highest BCUT2D eigenvalue weighted by atomic mass is 35.5. The average molecular weight is 169 g/mol. The summed E-state index contributed by atoms with van der Waals surface area (Å²) in [7, 11) is 0. The summed E-state index contributed by atoms with van der Waals surface area (Å²) < 4.78 is 4.70. The molecule has 0 aromatic carbocycles. The maximum atomic E-state index is 10.8. The van der Waals surface area contributed by atoms with Crippen molar-refractivity contribution >= 4 is 18.4 Å². The van der Waals surface area contributed by atoms with Crippen molar-refractivity contribution in [3.05, 3.63) is 0 Å². The molecule has 0 unspecified atom stereocenters. The van der Waals surface area contributed by atoms with Crippen LogP contribution < -0.4 is 5.73 Å². The number of hydrogen-bond donors (Lipinski definition) is 1. The topological polar surface area (TPSA) is 53.9 Å². The first-order chi connectivity index (χ1) is 3.98. The molecule has 0 fully saturated rings. The van der Waals surface area contributed by atoms with Crippen molar-refractivity contribution in [3.8, 4) is 0 Å². The summed E-state index contributed by atoms with van der Waals surface area (Å²) in [6.45, 7) is 5.66.